The summed E-state index contributed by atoms with van der Waals surface area (Å²) in [7, 11) is 0. The van der Waals surface area contributed by atoms with Crippen molar-refractivity contribution in [2.75, 3.05) is 13.1 Å². The van der Waals surface area contributed by atoms with Crippen LogP contribution in [0.15, 0.2) is 18.2 Å². The maximum Gasteiger partial charge on any atom is 0.145 e. The molecular weight excluding hydrogens is 265 g/mol. The molecular formula is C17H22FN3. The minimum Gasteiger partial charge on any atom is -0.313 e. The minimum atomic E-state index is -0.345. The molecule has 2 aliphatic rings. The minimum absolute atomic E-state index is 0.152. The molecule has 1 aromatic rings. The van der Waals surface area contributed by atoms with E-state index in [-0.39, 0.29) is 11.4 Å². The van der Waals surface area contributed by atoms with Crippen LogP contribution >= 0.6 is 0 Å². The van der Waals surface area contributed by atoms with Gasteiger partial charge in [0.25, 0.3) is 0 Å². The van der Waals surface area contributed by atoms with Crippen LogP contribution in [-0.4, -0.2) is 30.1 Å². The number of halogens is 1. The topological polar surface area (TPSA) is 39.1 Å². The normalized spacial score (nSPS) is 22.2. The van der Waals surface area contributed by atoms with Crippen LogP contribution in [0.25, 0.3) is 0 Å². The van der Waals surface area contributed by atoms with E-state index in [2.05, 4.69) is 10.2 Å². The van der Waals surface area contributed by atoms with Gasteiger partial charge in [-0.3, -0.25) is 4.90 Å². The van der Waals surface area contributed by atoms with Gasteiger partial charge in [-0.2, -0.15) is 5.26 Å². The molecule has 4 heteroatoms. The van der Waals surface area contributed by atoms with Gasteiger partial charge in [-0.05, 0) is 38.3 Å². The zero-order chi connectivity index (χ0) is 14.7. The summed E-state index contributed by atoms with van der Waals surface area (Å²) in [4.78, 5) is 2.39. The Morgan fingerprint density at radius 3 is 2.81 bits per heavy atom. The van der Waals surface area contributed by atoms with Gasteiger partial charge in [0.05, 0.1) is 5.56 Å². The second-order valence-electron chi connectivity index (χ2n) is 6.20. The van der Waals surface area contributed by atoms with Gasteiger partial charge in [-0.1, -0.05) is 18.6 Å². The van der Waals surface area contributed by atoms with Crippen molar-refractivity contribution in [2.24, 2.45) is 0 Å². The lowest BCUT2D eigenvalue weighted by Gasteiger charge is -2.30. The summed E-state index contributed by atoms with van der Waals surface area (Å²) in [5.74, 6) is -0.345. The van der Waals surface area contributed by atoms with Gasteiger partial charge in [0.1, 0.15) is 11.9 Å². The Balaban J connectivity index is 1.69. The summed E-state index contributed by atoms with van der Waals surface area (Å²) in [6.07, 6.45) is 6.19. The lowest BCUT2D eigenvalue weighted by Crippen LogP contribution is -2.44. The number of piperidine rings is 1. The van der Waals surface area contributed by atoms with Crippen LogP contribution in [0, 0.1) is 17.1 Å². The average molecular weight is 287 g/mol. The number of rotatable bonds is 5. The van der Waals surface area contributed by atoms with Crippen LogP contribution in [0.2, 0.25) is 0 Å². The Hall–Kier alpha value is -1.44. The van der Waals surface area contributed by atoms with Crippen LogP contribution in [0.3, 0.4) is 0 Å². The summed E-state index contributed by atoms with van der Waals surface area (Å²) in [5, 5.41) is 12.5. The SMILES string of the molecule is N#Cc1cccc(CN(CC2CCCCN2)C2CC2)c1F. The fourth-order valence-corrected chi connectivity index (χ4v) is 3.15. The number of nitriles is 1. The second-order valence-corrected chi connectivity index (χ2v) is 6.20. The third kappa shape index (κ3) is 3.61. The molecule has 1 saturated carbocycles. The molecule has 1 unspecified atom stereocenters. The van der Waals surface area contributed by atoms with Gasteiger partial charge in [0.15, 0.2) is 0 Å². The van der Waals surface area contributed by atoms with Gasteiger partial charge in [-0.25, -0.2) is 4.39 Å². The molecule has 0 radical (unpaired) electrons. The highest BCUT2D eigenvalue weighted by molar-refractivity contribution is 5.35. The molecule has 1 N–H and O–H groups in total. The second kappa shape index (κ2) is 6.55. The Bertz CT molecular complexity index is 527. The summed E-state index contributed by atoms with van der Waals surface area (Å²) in [5.41, 5.74) is 0.802. The van der Waals surface area contributed by atoms with Crippen molar-refractivity contribution < 1.29 is 4.39 Å². The van der Waals surface area contributed by atoms with Crippen LogP contribution in [0.1, 0.15) is 43.2 Å². The van der Waals surface area contributed by atoms with Crippen molar-refractivity contribution in [3.63, 3.8) is 0 Å². The van der Waals surface area contributed by atoms with Gasteiger partial charge >= 0.3 is 0 Å². The number of hydrogen-bond donors (Lipinski definition) is 1. The standard InChI is InChI=1S/C17H22FN3/c18-17-13(10-19)4-3-5-14(17)11-21(16-7-8-16)12-15-6-1-2-9-20-15/h3-5,15-16,20H,1-2,6-9,11-12H2. The molecule has 1 saturated heterocycles. The predicted octanol–water partition coefficient (Wildman–Crippen LogP) is 2.80. The van der Waals surface area contributed by atoms with E-state index in [0.717, 1.165) is 13.1 Å². The van der Waals surface area contributed by atoms with Crippen molar-refractivity contribution in [3.8, 4) is 6.07 Å². The number of nitrogens with one attached hydrogen (secondary N) is 1. The third-order valence-corrected chi connectivity index (χ3v) is 4.50. The monoisotopic (exact) mass is 287 g/mol. The molecule has 0 bridgehead atoms. The summed E-state index contributed by atoms with van der Waals surface area (Å²) < 4.78 is 14.2. The molecule has 1 aliphatic carbocycles. The number of nitrogens with zero attached hydrogens (tertiary/aromatic N) is 2. The predicted molar refractivity (Wildman–Crippen MR) is 80.2 cm³/mol. The first kappa shape index (κ1) is 14.5. The highest BCUT2D eigenvalue weighted by atomic mass is 19.1. The Morgan fingerprint density at radius 1 is 1.29 bits per heavy atom. The number of hydrogen-bond acceptors (Lipinski definition) is 3. The van der Waals surface area contributed by atoms with E-state index >= 15 is 0 Å². The van der Waals surface area contributed by atoms with Gasteiger partial charge in [0, 0.05) is 30.7 Å². The first-order valence-corrected chi connectivity index (χ1v) is 7.93. The molecule has 21 heavy (non-hydrogen) atoms. The summed E-state index contributed by atoms with van der Waals surface area (Å²) in [6, 6.07) is 8.18. The quantitative estimate of drug-likeness (QED) is 0.905. The Kier molecular flexibility index (Phi) is 4.52. The van der Waals surface area contributed by atoms with E-state index in [1.165, 1.54) is 32.1 Å². The van der Waals surface area contributed by atoms with Crippen LogP contribution in [0.4, 0.5) is 4.39 Å². The summed E-state index contributed by atoms with van der Waals surface area (Å²) in [6.45, 7) is 2.70. The lowest BCUT2D eigenvalue weighted by molar-refractivity contribution is 0.206. The van der Waals surface area contributed by atoms with E-state index < -0.39 is 0 Å². The fraction of sp³-hybridized carbons (Fsp3) is 0.588. The molecule has 0 aromatic heterocycles. The van der Waals surface area contributed by atoms with E-state index in [1.54, 1.807) is 18.2 Å². The van der Waals surface area contributed by atoms with Crippen LogP contribution in [0.5, 0.6) is 0 Å². The van der Waals surface area contributed by atoms with Crippen LogP contribution < -0.4 is 5.32 Å². The fourth-order valence-electron chi connectivity index (χ4n) is 3.15. The van der Waals surface area contributed by atoms with E-state index in [0.29, 0.717) is 24.2 Å². The lowest BCUT2D eigenvalue weighted by atomic mass is 10.0. The van der Waals surface area contributed by atoms with Crippen LogP contribution in [-0.2, 0) is 6.54 Å². The van der Waals surface area contributed by atoms with E-state index in [4.69, 9.17) is 5.26 Å². The molecule has 1 atom stereocenters. The molecule has 1 aliphatic heterocycles. The molecule has 3 nitrogen and oxygen atoms in total. The highest BCUT2D eigenvalue weighted by Crippen LogP contribution is 2.29. The van der Waals surface area contributed by atoms with Crippen molar-refractivity contribution in [3.05, 3.63) is 35.1 Å². The first-order chi connectivity index (χ1) is 10.3. The van der Waals surface area contributed by atoms with E-state index in [1.807, 2.05) is 6.07 Å². The first-order valence-electron chi connectivity index (χ1n) is 7.93. The van der Waals surface area contributed by atoms with Gasteiger partial charge in [0.2, 0.25) is 0 Å². The number of benzene rings is 1. The van der Waals surface area contributed by atoms with Crippen molar-refractivity contribution in [1.82, 2.24) is 10.2 Å². The van der Waals surface area contributed by atoms with Crippen molar-refractivity contribution >= 4 is 0 Å². The molecule has 1 aromatic carbocycles. The molecule has 2 fully saturated rings. The zero-order valence-corrected chi connectivity index (χ0v) is 12.3. The molecule has 112 valence electrons. The molecule has 0 spiro atoms. The van der Waals surface area contributed by atoms with Crippen molar-refractivity contribution in [1.29, 1.82) is 5.26 Å². The average Bonchev–Trinajstić information content (AvgIpc) is 3.34. The van der Waals surface area contributed by atoms with Crippen molar-refractivity contribution in [2.45, 2.75) is 50.7 Å². The Morgan fingerprint density at radius 2 is 2.14 bits per heavy atom. The van der Waals surface area contributed by atoms with Gasteiger partial charge < -0.3 is 5.32 Å². The molecule has 3 rings (SSSR count). The Labute approximate surface area is 125 Å². The molecule has 0 amide bonds. The maximum atomic E-state index is 14.2. The molecule has 1 heterocycles. The largest absolute Gasteiger partial charge is 0.313 e. The van der Waals surface area contributed by atoms with E-state index in [9.17, 15) is 4.39 Å². The smallest absolute Gasteiger partial charge is 0.145 e. The maximum absolute atomic E-state index is 14.2. The van der Waals surface area contributed by atoms with Gasteiger partial charge in [-0.15, -0.1) is 0 Å². The summed E-state index contributed by atoms with van der Waals surface area (Å²) >= 11 is 0. The highest BCUT2D eigenvalue weighted by Gasteiger charge is 2.31. The zero-order valence-electron chi connectivity index (χ0n) is 12.3. The third-order valence-electron chi connectivity index (χ3n) is 4.50.